The van der Waals surface area contributed by atoms with Crippen LogP contribution in [0.4, 0.5) is 4.79 Å². The van der Waals surface area contributed by atoms with Gasteiger partial charge in [-0.15, -0.1) is 0 Å². The third-order valence-electron chi connectivity index (χ3n) is 2.30. The summed E-state index contributed by atoms with van der Waals surface area (Å²) in [6.45, 7) is 5.67. The molecule has 0 atom stereocenters. The Kier molecular flexibility index (Phi) is 8.33. The zero-order valence-corrected chi connectivity index (χ0v) is 12.3. The van der Waals surface area contributed by atoms with Crippen LogP contribution in [0.15, 0.2) is 60.7 Å². The lowest BCUT2D eigenvalue weighted by molar-refractivity contribution is 0.152. The smallest absolute Gasteiger partial charge is 0.395 e. The normalized spacial score (nSPS) is 9.24. The summed E-state index contributed by atoms with van der Waals surface area (Å²) in [7, 11) is 0. The van der Waals surface area contributed by atoms with Crippen LogP contribution in [0.5, 0.6) is 11.5 Å². The Morgan fingerprint density at radius 3 is 1.43 bits per heavy atom. The van der Waals surface area contributed by atoms with Gasteiger partial charge in [0.25, 0.3) is 0 Å². The van der Waals surface area contributed by atoms with Gasteiger partial charge in [0.2, 0.25) is 0 Å². The third kappa shape index (κ3) is 7.74. The molecule has 0 aliphatic heterocycles. The molecule has 112 valence electrons. The Labute approximate surface area is 125 Å². The summed E-state index contributed by atoms with van der Waals surface area (Å²) >= 11 is 0. The highest BCUT2D eigenvalue weighted by Gasteiger charge is 2.06. The van der Waals surface area contributed by atoms with Crippen molar-refractivity contribution in [1.82, 2.24) is 0 Å². The van der Waals surface area contributed by atoms with Crippen LogP contribution in [-0.4, -0.2) is 19.4 Å². The molecule has 0 saturated carbocycles. The van der Waals surface area contributed by atoms with Gasteiger partial charge in [0.1, 0.15) is 11.5 Å². The summed E-state index contributed by atoms with van der Waals surface area (Å²) < 4.78 is 14.7. The molecule has 0 N–H and O–H groups in total. The number of para-hydroxylation sites is 2. The maximum absolute atomic E-state index is 11.3. The van der Waals surface area contributed by atoms with Gasteiger partial charge in [0, 0.05) is 13.2 Å². The molecule has 0 aromatic heterocycles. The Balaban J connectivity index is 0.000000383. The van der Waals surface area contributed by atoms with Crippen molar-refractivity contribution in [3.05, 3.63) is 60.7 Å². The second kappa shape index (κ2) is 10.5. The molecule has 0 heterocycles. The van der Waals surface area contributed by atoms with Crippen molar-refractivity contribution in [3.63, 3.8) is 0 Å². The van der Waals surface area contributed by atoms with Gasteiger partial charge in [-0.25, -0.2) is 4.79 Å². The number of hydrogen-bond acceptors (Lipinski definition) is 4. The van der Waals surface area contributed by atoms with Crippen LogP contribution >= 0.6 is 0 Å². The quantitative estimate of drug-likeness (QED) is 0.621. The predicted octanol–water partition coefficient (Wildman–Crippen LogP) is 4.31. The van der Waals surface area contributed by atoms with Crippen LogP contribution in [0.3, 0.4) is 0 Å². The molecule has 2 aromatic carbocycles. The molecule has 2 rings (SSSR count). The minimum Gasteiger partial charge on any atom is -0.395 e. The van der Waals surface area contributed by atoms with Crippen molar-refractivity contribution in [3.8, 4) is 11.5 Å². The third-order valence-corrected chi connectivity index (χ3v) is 2.30. The fourth-order valence-electron chi connectivity index (χ4n) is 1.39. The van der Waals surface area contributed by atoms with Crippen LogP contribution in [0.2, 0.25) is 0 Å². The SMILES string of the molecule is CCOCC.O=C(Oc1ccccc1)Oc1ccccc1. The van der Waals surface area contributed by atoms with E-state index in [1.54, 1.807) is 48.5 Å². The van der Waals surface area contributed by atoms with Crippen molar-refractivity contribution in [2.45, 2.75) is 13.8 Å². The van der Waals surface area contributed by atoms with Gasteiger partial charge in [-0.05, 0) is 38.1 Å². The summed E-state index contributed by atoms with van der Waals surface area (Å²) in [5.74, 6) is 0.923. The molecule has 0 aliphatic carbocycles. The maximum atomic E-state index is 11.3. The molecule has 0 unspecified atom stereocenters. The van der Waals surface area contributed by atoms with Gasteiger partial charge in [-0.3, -0.25) is 0 Å². The number of ether oxygens (including phenoxy) is 3. The van der Waals surface area contributed by atoms with Crippen LogP contribution in [-0.2, 0) is 4.74 Å². The molecule has 0 amide bonds. The highest BCUT2D eigenvalue weighted by atomic mass is 16.7. The first kappa shape index (κ1) is 16.7. The van der Waals surface area contributed by atoms with Crippen molar-refractivity contribution >= 4 is 6.16 Å². The fraction of sp³-hybridized carbons (Fsp3) is 0.235. The molecule has 0 saturated heterocycles. The van der Waals surface area contributed by atoms with Gasteiger partial charge >= 0.3 is 6.16 Å². The van der Waals surface area contributed by atoms with Crippen molar-refractivity contribution in [2.24, 2.45) is 0 Å². The van der Waals surface area contributed by atoms with Gasteiger partial charge in [-0.1, -0.05) is 36.4 Å². The summed E-state index contributed by atoms with van der Waals surface area (Å²) in [6, 6.07) is 17.6. The molecule has 4 nitrogen and oxygen atoms in total. The largest absolute Gasteiger partial charge is 0.519 e. The second-order valence-corrected chi connectivity index (χ2v) is 3.86. The minimum absolute atomic E-state index is 0.462. The molecule has 2 aromatic rings. The molecular weight excluding hydrogens is 268 g/mol. The fourth-order valence-corrected chi connectivity index (χ4v) is 1.39. The number of benzene rings is 2. The molecule has 0 aliphatic rings. The summed E-state index contributed by atoms with van der Waals surface area (Å²) in [5.41, 5.74) is 0. The van der Waals surface area contributed by atoms with E-state index in [1.807, 2.05) is 26.0 Å². The molecule has 0 fully saturated rings. The van der Waals surface area contributed by atoms with Gasteiger partial charge in [0.15, 0.2) is 0 Å². The summed E-state index contributed by atoms with van der Waals surface area (Å²) in [5, 5.41) is 0. The number of rotatable bonds is 4. The van der Waals surface area contributed by atoms with E-state index in [1.165, 1.54) is 0 Å². The lowest BCUT2D eigenvalue weighted by Crippen LogP contribution is -2.13. The van der Waals surface area contributed by atoms with E-state index in [0.29, 0.717) is 11.5 Å². The Hall–Kier alpha value is -2.33. The van der Waals surface area contributed by atoms with E-state index in [0.717, 1.165) is 13.2 Å². The first-order valence-corrected chi connectivity index (χ1v) is 6.83. The zero-order chi connectivity index (χ0) is 15.3. The lowest BCUT2D eigenvalue weighted by atomic mass is 10.3. The minimum atomic E-state index is -0.739. The van der Waals surface area contributed by atoms with E-state index in [-0.39, 0.29) is 0 Å². The van der Waals surface area contributed by atoms with Crippen LogP contribution < -0.4 is 9.47 Å². The molecule has 0 bridgehead atoms. The van der Waals surface area contributed by atoms with Gasteiger partial charge in [0.05, 0.1) is 0 Å². The molecule has 0 radical (unpaired) electrons. The van der Waals surface area contributed by atoms with E-state index in [4.69, 9.17) is 14.2 Å². The highest BCUT2D eigenvalue weighted by molar-refractivity contribution is 5.66. The van der Waals surface area contributed by atoms with Crippen LogP contribution in [0.25, 0.3) is 0 Å². The second-order valence-electron chi connectivity index (χ2n) is 3.86. The topological polar surface area (TPSA) is 44.8 Å². The first-order chi connectivity index (χ1) is 10.3. The molecular formula is C17H20O4. The zero-order valence-electron chi connectivity index (χ0n) is 12.3. The number of carbonyl (C=O) groups is 1. The van der Waals surface area contributed by atoms with Crippen LogP contribution in [0.1, 0.15) is 13.8 Å². The maximum Gasteiger partial charge on any atom is 0.519 e. The lowest BCUT2D eigenvalue weighted by Gasteiger charge is -2.04. The monoisotopic (exact) mass is 288 g/mol. The number of hydrogen-bond donors (Lipinski definition) is 0. The Morgan fingerprint density at radius 2 is 1.14 bits per heavy atom. The highest BCUT2D eigenvalue weighted by Crippen LogP contribution is 2.12. The Morgan fingerprint density at radius 1 is 0.762 bits per heavy atom. The van der Waals surface area contributed by atoms with Gasteiger partial charge in [-0.2, -0.15) is 0 Å². The van der Waals surface area contributed by atoms with E-state index in [9.17, 15) is 4.79 Å². The molecule has 4 heteroatoms. The van der Waals surface area contributed by atoms with E-state index in [2.05, 4.69) is 0 Å². The standard InChI is InChI=1S/C13H10O3.C4H10O/c14-13(15-11-7-3-1-4-8-11)16-12-9-5-2-6-10-12;1-3-5-4-2/h1-10H;3-4H2,1-2H3. The summed E-state index contributed by atoms with van der Waals surface area (Å²) in [6.07, 6.45) is -0.739. The van der Waals surface area contributed by atoms with Crippen LogP contribution in [0, 0.1) is 0 Å². The van der Waals surface area contributed by atoms with E-state index < -0.39 is 6.16 Å². The average Bonchev–Trinajstić information content (AvgIpc) is 2.50. The van der Waals surface area contributed by atoms with E-state index >= 15 is 0 Å². The molecule has 21 heavy (non-hydrogen) atoms. The first-order valence-electron chi connectivity index (χ1n) is 6.83. The average molecular weight is 288 g/mol. The summed E-state index contributed by atoms with van der Waals surface area (Å²) in [4.78, 5) is 11.3. The van der Waals surface area contributed by atoms with Crippen molar-refractivity contribution in [2.75, 3.05) is 13.2 Å². The molecule has 0 spiro atoms. The number of carbonyl (C=O) groups excluding carboxylic acids is 1. The predicted molar refractivity (Wildman–Crippen MR) is 81.7 cm³/mol. The van der Waals surface area contributed by atoms with Crippen molar-refractivity contribution < 1.29 is 19.0 Å². The Bertz CT molecular complexity index is 451. The van der Waals surface area contributed by atoms with Gasteiger partial charge < -0.3 is 14.2 Å². The van der Waals surface area contributed by atoms with Crippen molar-refractivity contribution in [1.29, 1.82) is 0 Å².